The van der Waals surface area contributed by atoms with Crippen LogP contribution in [0.2, 0.25) is 0 Å². The third-order valence-corrected chi connectivity index (χ3v) is 3.43. The maximum absolute atomic E-state index is 5.57. The maximum atomic E-state index is 5.57. The van der Waals surface area contributed by atoms with Gasteiger partial charge in [-0.05, 0) is 32.4 Å². The van der Waals surface area contributed by atoms with E-state index in [4.69, 9.17) is 4.74 Å². The minimum Gasteiger partial charge on any atom is -0.377 e. The van der Waals surface area contributed by atoms with Crippen molar-refractivity contribution in [2.75, 3.05) is 52.4 Å². The van der Waals surface area contributed by atoms with Crippen molar-refractivity contribution >= 4 is 0 Å². The highest BCUT2D eigenvalue weighted by molar-refractivity contribution is 4.69. The molecule has 0 aromatic heterocycles. The Morgan fingerprint density at radius 1 is 1.31 bits per heavy atom. The zero-order valence-electron chi connectivity index (χ0n) is 10.2. The molecule has 0 saturated carbocycles. The first kappa shape index (κ1) is 12.3. The molecule has 2 aliphatic rings. The second-order valence-corrected chi connectivity index (χ2v) is 4.78. The van der Waals surface area contributed by atoms with Gasteiger partial charge in [0.25, 0.3) is 0 Å². The Bertz CT molecular complexity index is 177. The highest BCUT2D eigenvalue weighted by Gasteiger charge is 2.14. The molecule has 1 atom stereocenters. The molecule has 94 valence electrons. The van der Waals surface area contributed by atoms with Crippen molar-refractivity contribution in [2.45, 2.75) is 25.4 Å². The number of nitrogens with one attached hydrogen (secondary N) is 2. The summed E-state index contributed by atoms with van der Waals surface area (Å²) in [7, 11) is 0. The van der Waals surface area contributed by atoms with Gasteiger partial charge in [0.05, 0.1) is 6.10 Å². The van der Waals surface area contributed by atoms with Gasteiger partial charge in [-0.25, -0.2) is 0 Å². The first-order valence-corrected chi connectivity index (χ1v) is 6.70. The molecule has 2 N–H and O–H groups in total. The van der Waals surface area contributed by atoms with Crippen LogP contribution < -0.4 is 10.6 Å². The van der Waals surface area contributed by atoms with E-state index < -0.39 is 0 Å². The fraction of sp³-hybridized carbons (Fsp3) is 1.00. The van der Waals surface area contributed by atoms with E-state index in [9.17, 15) is 0 Å². The number of ether oxygens (including phenoxy) is 1. The van der Waals surface area contributed by atoms with Crippen molar-refractivity contribution in [1.82, 2.24) is 15.5 Å². The Kier molecular flexibility index (Phi) is 5.55. The molecule has 2 rings (SSSR count). The molecule has 2 heterocycles. The van der Waals surface area contributed by atoms with Crippen LogP contribution in [0.5, 0.6) is 0 Å². The largest absolute Gasteiger partial charge is 0.377 e. The lowest BCUT2D eigenvalue weighted by Gasteiger charge is -2.27. The zero-order valence-corrected chi connectivity index (χ0v) is 10.2. The lowest BCUT2D eigenvalue weighted by molar-refractivity contribution is 0.110. The number of hydrogen-bond donors (Lipinski definition) is 2. The maximum Gasteiger partial charge on any atom is 0.0700 e. The van der Waals surface area contributed by atoms with E-state index in [-0.39, 0.29) is 0 Å². The monoisotopic (exact) mass is 227 g/mol. The van der Waals surface area contributed by atoms with Crippen molar-refractivity contribution in [1.29, 1.82) is 0 Å². The van der Waals surface area contributed by atoms with Crippen LogP contribution >= 0.6 is 0 Å². The smallest absolute Gasteiger partial charge is 0.0700 e. The Hall–Kier alpha value is -0.160. The Morgan fingerprint density at radius 2 is 2.19 bits per heavy atom. The van der Waals surface area contributed by atoms with Crippen molar-refractivity contribution < 1.29 is 4.74 Å². The summed E-state index contributed by atoms with van der Waals surface area (Å²) in [6.45, 7) is 9.11. The highest BCUT2D eigenvalue weighted by Crippen LogP contribution is 2.10. The van der Waals surface area contributed by atoms with Crippen LogP contribution in [0.1, 0.15) is 19.3 Å². The van der Waals surface area contributed by atoms with Gasteiger partial charge in [0, 0.05) is 39.3 Å². The molecule has 2 aliphatic heterocycles. The molecule has 16 heavy (non-hydrogen) atoms. The van der Waals surface area contributed by atoms with E-state index in [1.807, 2.05) is 0 Å². The lowest BCUT2D eigenvalue weighted by Crippen LogP contribution is -2.44. The number of nitrogens with zero attached hydrogens (tertiary/aromatic N) is 1. The van der Waals surface area contributed by atoms with Gasteiger partial charge >= 0.3 is 0 Å². The van der Waals surface area contributed by atoms with Gasteiger partial charge in [0.2, 0.25) is 0 Å². The van der Waals surface area contributed by atoms with E-state index in [0.29, 0.717) is 6.10 Å². The summed E-state index contributed by atoms with van der Waals surface area (Å²) in [6, 6.07) is 0. The van der Waals surface area contributed by atoms with E-state index in [2.05, 4.69) is 15.5 Å². The van der Waals surface area contributed by atoms with Gasteiger partial charge in [-0.1, -0.05) is 0 Å². The quantitative estimate of drug-likeness (QED) is 0.629. The van der Waals surface area contributed by atoms with E-state index >= 15 is 0 Å². The molecule has 0 aromatic carbocycles. The molecule has 0 aromatic rings. The van der Waals surface area contributed by atoms with Crippen LogP contribution in [-0.2, 0) is 4.74 Å². The first-order valence-electron chi connectivity index (χ1n) is 6.70. The average molecular weight is 227 g/mol. The molecule has 4 heteroatoms. The van der Waals surface area contributed by atoms with Crippen molar-refractivity contribution in [3.63, 3.8) is 0 Å². The van der Waals surface area contributed by atoms with Gasteiger partial charge in [0.1, 0.15) is 0 Å². The van der Waals surface area contributed by atoms with E-state index in [1.54, 1.807) is 0 Å². The third-order valence-electron chi connectivity index (χ3n) is 3.43. The Morgan fingerprint density at radius 3 is 2.94 bits per heavy atom. The molecule has 0 spiro atoms. The summed E-state index contributed by atoms with van der Waals surface area (Å²) in [5.41, 5.74) is 0. The van der Waals surface area contributed by atoms with Crippen LogP contribution in [0.4, 0.5) is 0 Å². The lowest BCUT2D eigenvalue weighted by atomic mass is 10.2. The standard InChI is InChI=1S/C12H25N3O/c1-3-12(16-10-1)11-14-4-2-7-15-8-5-13-6-9-15/h12-14H,1-11H2. The predicted octanol–water partition coefficient (Wildman–Crippen LogP) is 0.0503. The summed E-state index contributed by atoms with van der Waals surface area (Å²) >= 11 is 0. The summed E-state index contributed by atoms with van der Waals surface area (Å²) in [6.07, 6.45) is 4.23. The fourth-order valence-corrected chi connectivity index (χ4v) is 2.43. The molecule has 0 radical (unpaired) electrons. The van der Waals surface area contributed by atoms with Crippen LogP contribution in [0, 0.1) is 0 Å². The molecule has 1 unspecified atom stereocenters. The highest BCUT2D eigenvalue weighted by atomic mass is 16.5. The number of hydrogen-bond acceptors (Lipinski definition) is 4. The molecule has 0 amide bonds. The number of piperazine rings is 1. The van der Waals surface area contributed by atoms with Crippen LogP contribution in [0.3, 0.4) is 0 Å². The number of rotatable bonds is 6. The summed E-state index contributed by atoms with van der Waals surface area (Å²) in [5, 5.41) is 6.88. The minimum atomic E-state index is 0.485. The summed E-state index contributed by atoms with van der Waals surface area (Å²) in [5.74, 6) is 0. The van der Waals surface area contributed by atoms with Gasteiger partial charge < -0.3 is 20.3 Å². The Labute approximate surface area is 98.7 Å². The molecule has 4 nitrogen and oxygen atoms in total. The molecule has 2 saturated heterocycles. The zero-order chi connectivity index (χ0) is 11.1. The normalized spacial score (nSPS) is 27.4. The molecular formula is C12H25N3O. The van der Waals surface area contributed by atoms with Crippen LogP contribution in [0.15, 0.2) is 0 Å². The topological polar surface area (TPSA) is 36.5 Å². The van der Waals surface area contributed by atoms with Crippen LogP contribution in [0.25, 0.3) is 0 Å². The average Bonchev–Trinajstić information content (AvgIpc) is 2.83. The molecule has 0 bridgehead atoms. The van der Waals surface area contributed by atoms with Crippen LogP contribution in [-0.4, -0.2) is 63.4 Å². The molecular weight excluding hydrogens is 202 g/mol. The minimum absolute atomic E-state index is 0.485. The first-order chi connectivity index (χ1) is 7.95. The Balaban J connectivity index is 1.42. The summed E-state index contributed by atoms with van der Waals surface area (Å²) in [4.78, 5) is 2.55. The second kappa shape index (κ2) is 7.22. The molecule has 2 fully saturated rings. The van der Waals surface area contributed by atoms with Gasteiger partial charge in [-0.15, -0.1) is 0 Å². The summed E-state index contributed by atoms with van der Waals surface area (Å²) < 4.78 is 5.57. The SMILES string of the molecule is C1COC(CNCCCN2CCNCC2)C1. The third kappa shape index (κ3) is 4.37. The van der Waals surface area contributed by atoms with Gasteiger partial charge in [-0.2, -0.15) is 0 Å². The van der Waals surface area contributed by atoms with Crippen molar-refractivity contribution in [3.05, 3.63) is 0 Å². The van der Waals surface area contributed by atoms with Gasteiger partial charge in [-0.3, -0.25) is 0 Å². The van der Waals surface area contributed by atoms with Gasteiger partial charge in [0.15, 0.2) is 0 Å². The van der Waals surface area contributed by atoms with E-state index in [1.165, 1.54) is 38.9 Å². The van der Waals surface area contributed by atoms with Crippen molar-refractivity contribution in [2.24, 2.45) is 0 Å². The predicted molar refractivity (Wildman–Crippen MR) is 65.8 cm³/mol. The fourth-order valence-electron chi connectivity index (χ4n) is 2.43. The van der Waals surface area contributed by atoms with E-state index in [0.717, 1.165) is 32.8 Å². The second-order valence-electron chi connectivity index (χ2n) is 4.78. The molecule has 0 aliphatic carbocycles. The van der Waals surface area contributed by atoms with Crippen molar-refractivity contribution in [3.8, 4) is 0 Å².